The van der Waals surface area contributed by atoms with Gasteiger partial charge in [0.25, 0.3) is 0 Å². The van der Waals surface area contributed by atoms with Gasteiger partial charge in [-0.25, -0.2) is 8.42 Å². The van der Waals surface area contributed by atoms with Gasteiger partial charge in [-0.05, 0) is 49.8 Å². The van der Waals surface area contributed by atoms with E-state index in [1.54, 1.807) is 12.1 Å². The summed E-state index contributed by atoms with van der Waals surface area (Å²) >= 11 is 0. The molecule has 5 nitrogen and oxygen atoms in total. The highest BCUT2D eigenvalue weighted by Crippen LogP contribution is 2.15. The first kappa shape index (κ1) is 18.8. The molecule has 1 atom stereocenters. The Labute approximate surface area is 146 Å². The minimum atomic E-state index is -3.12. The smallest absolute Gasteiger partial charge is 0.193 e. The van der Waals surface area contributed by atoms with E-state index in [4.69, 9.17) is 4.99 Å². The van der Waals surface area contributed by atoms with Crippen LogP contribution in [0.25, 0.3) is 0 Å². The maximum atomic E-state index is 11.5. The monoisotopic (exact) mass is 351 g/mol. The topological polar surface area (TPSA) is 61.8 Å². The van der Waals surface area contributed by atoms with Gasteiger partial charge in [-0.15, -0.1) is 0 Å². The largest absolute Gasteiger partial charge is 0.357 e. The van der Waals surface area contributed by atoms with Crippen LogP contribution in [0.3, 0.4) is 0 Å². The molecule has 1 aliphatic heterocycles. The fourth-order valence-corrected chi connectivity index (χ4v) is 3.63. The van der Waals surface area contributed by atoms with Crippen molar-refractivity contribution in [2.45, 2.75) is 38.0 Å². The fraction of sp³-hybridized carbons (Fsp3) is 0.611. The molecule has 1 heterocycles. The van der Waals surface area contributed by atoms with E-state index >= 15 is 0 Å². The molecule has 0 amide bonds. The fourth-order valence-electron chi connectivity index (χ4n) is 3.00. The molecule has 0 aromatic heterocycles. The van der Waals surface area contributed by atoms with Gasteiger partial charge in [-0.2, -0.15) is 0 Å². The van der Waals surface area contributed by atoms with Crippen LogP contribution >= 0.6 is 0 Å². The Morgan fingerprint density at radius 3 is 2.62 bits per heavy atom. The van der Waals surface area contributed by atoms with Gasteiger partial charge in [-0.3, -0.25) is 4.99 Å². The molecule has 24 heavy (non-hydrogen) atoms. The summed E-state index contributed by atoms with van der Waals surface area (Å²) < 4.78 is 23.0. The molecule has 1 unspecified atom stereocenters. The molecule has 1 aliphatic rings. The lowest BCUT2D eigenvalue weighted by atomic mass is 10.0. The van der Waals surface area contributed by atoms with Crippen LogP contribution in [0, 0.1) is 5.92 Å². The Hall–Kier alpha value is -1.56. The van der Waals surface area contributed by atoms with Crippen LogP contribution in [0.15, 0.2) is 34.2 Å². The van der Waals surface area contributed by atoms with Crippen molar-refractivity contribution in [3.63, 3.8) is 0 Å². The first-order chi connectivity index (χ1) is 11.4. The number of hydrogen-bond donors (Lipinski definition) is 1. The second-order valence-corrected chi connectivity index (χ2v) is 8.61. The third kappa shape index (κ3) is 5.51. The summed E-state index contributed by atoms with van der Waals surface area (Å²) in [5.74, 6) is 1.71. The van der Waals surface area contributed by atoms with Crippen LogP contribution in [0.1, 0.15) is 32.3 Å². The first-order valence-corrected chi connectivity index (χ1v) is 10.6. The molecule has 0 radical (unpaired) electrons. The number of sulfone groups is 1. The predicted octanol–water partition coefficient (Wildman–Crippen LogP) is 2.33. The molecule has 0 bridgehead atoms. The van der Waals surface area contributed by atoms with Crippen molar-refractivity contribution < 1.29 is 8.42 Å². The Morgan fingerprint density at radius 1 is 1.33 bits per heavy atom. The molecule has 0 saturated carbocycles. The highest BCUT2D eigenvalue weighted by molar-refractivity contribution is 7.90. The highest BCUT2D eigenvalue weighted by Gasteiger charge is 2.18. The van der Waals surface area contributed by atoms with Gasteiger partial charge in [0, 0.05) is 32.4 Å². The lowest BCUT2D eigenvalue weighted by molar-refractivity contribution is 0.266. The van der Waals surface area contributed by atoms with Crippen LogP contribution in [0.5, 0.6) is 0 Å². The quantitative estimate of drug-likeness (QED) is 0.653. The maximum absolute atomic E-state index is 11.5. The maximum Gasteiger partial charge on any atom is 0.193 e. The number of rotatable bonds is 5. The molecule has 134 valence electrons. The van der Waals surface area contributed by atoms with Gasteiger partial charge in [0.15, 0.2) is 15.8 Å². The van der Waals surface area contributed by atoms with Gasteiger partial charge in [0.1, 0.15) is 0 Å². The summed E-state index contributed by atoms with van der Waals surface area (Å²) in [6.07, 6.45) is 4.55. The molecule has 1 fully saturated rings. The molecule has 0 aliphatic carbocycles. The Kier molecular flexibility index (Phi) is 6.66. The van der Waals surface area contributed by atoms with E-state index in [9.17, 15) is 8.42 Å². The summed E-state index contributed by atoms with van der Waals surface area (Å²) in [6, 6.07) is 7.10. The lowest BCUT2D eigenvalue weighted by Gasteiger charge is -2.33. The second kappa shape index (κ2) is 8.51. The van der Waals surface area contributed by atoms with Crippen molar-refractivity contribution in [3.8, 4) is 0 Å². The summed E-state index contributed by atoms with van der Waals surface area (Å²) in [7, 11) is -3.12. The van der Waals surface area contributed by atoms with E-state index in [1.807, 2.05) is 12.1 Å². The molecule has 2 rings (SSSR count). The van der Waals surface area contributed by atoms with Crippen molar-refractivity contribution in [1.82, 2.24) is 10.2 Å². The number of benzene rings is 1. The number of hydrogen-bond acceptors (Lipinski definition) is 3. The van der Waals surface area contributed by atoms with Crippen LogP contribution in [0.2, 0.25) is 0 Å². The van der Waals surface area contributed by atoms with Crippen molar-refractivity contribution >= 4 is 15.8 Å². The molecular weight excluding hydrogens is 322 g/mol. The average Bonchev–Trinajstić information content (AvgIpc) is 2.54. The van der Waals surface area contributed by atoms with E-state index < -0.39 is 9.84 Å². The van der Waals surface area contributed by atoms with E-state index in [0.717, 1.165) is 37.6 Å². The van der Waals surface area contributed by atoms with E-state index in [0.29, 0.717) is 17.4 Å². The molecule has 1 aromatic carbocycles. The van der Waals surface area contributed by atoms with Crippen molar-refractivity contribution in [1.29, 1.82) is 0 Å². The normalized spacial score (nSPS) is 19.4. The third-order valence-corrected chi connectivity index (χ3v) is 5.43. The zero-order valence-electron chi connectivity index (χ0n) is 15.0. The minimum Gasteiger partial charge on any atom is -0.357 e. The lowest BCUT2D eigenvalue weighted by Crippen LogP contribution is -2.46. The van der Waals surface area contributed by atoms with Gasteiger partial charge < -0.3 is 10.2 Å². The molecule has 1 aromatic rings. The van der Waals surface area contributed by atoms with Crippen molar-refractivity contribution in [2.24, 2.45) is 10.9 Å². The molecular formula is C18H29N3O2S. The molecule has 6 heteroatoms. The van der Waals surface area contributed by atoms with Crippen molar-refractivity contribution in [2.75, 3.05) is 32.4 Å². The van der Waals surface area contributed by atoms with Crippen LogP contribution in [-0.4, -0.2) is 51.7 Å². The summed E-state index contributed by atoms with van der Waals surface area (Å²) in [5.41, 5.74) is 1.11. The number of nitrogens with zero attached hydrogens (tertiary/aromatic N) is 2. The third-order valence-electron chi connectivity index (χ3n) is 4.30. The molecule has 1 N–H and O–H groups in total. The number of nitrogens with one attached hydrogen (secondary N) is 1. The average molecular weight is 352 g/mol. The number of aliphatic imine (C=N–C) groups is 1. The Balaban J connectivity index is 1.96. The van der Waals surface area contributed by atoms with Crippen LogP contribution in [0.4, 0.5) is 0 Å². The second-order valence-electron chi connectivity index (χ2n) is 6.60. The Morgan fingerprint density at radius 2 is 2.04 bits per heavy atom. The highest BCUT2D eigenvalue weighted by atomic mass is 32.2. The van der Waals surface area contributed by atoms with E-state index in [1.165, 1.54) is 19.1 Å². The van der Waals surface area contributed by atoms with Gasteiger partial charge in [0.2, 0.25) is 0 Å². The van der Waals surface area contributed by atoms with Crippen molar-refractivity contribution in [3.05, 3.63) is 29.8 Å². The van der Waals surface area contributed by atoms with Crippen LogP contribution < -0.4 is 5.32 Å². The Bertz CT molecular complexity index is 653. The van der Waals surface area contributed by atoms with E-state index in [2.05, 4.69) is 24.1 Å². The molecule has 1 saturated heterocycles. The van der Waals surface area contributed by atoms with Gasteiger partial charge >= 0.3 is 0 Å². The summed E-state index contributed by atoms with van der Waals surface area (Å²) in [5, 5.41) is 3.38. The molecule has 0 spiro atoms. The zero-order chi connectivity index (χ0) is 17.6. The number of piperidine rings is 1. The standard InChI is InChI=1S/C18H29N3O2S/c1-4-19-18(21-13-5-6-15(2)14-21)20-12-11-16-7-9-17(10-8-16)24(3,22)23/h7-10,15H,4-6,11-14H2,1-3H3,(H,19,20). The van der Waals surface area contributed by atoms with Gasteiger partial charge in [0.05, 0.1) is 4.90 Å². The number of guanidine groups is 1. The SMILES string of the molecule is CCNC(=NCCc1ccc(S(C)(=O)=O)cc1)N1CCCC(C)C1. The zero-order valence-corrected chi connectivity index (χ0v) is 15.8. The first-order valence-electron chi connectivity index (χ1n) is 8.72. The summed E-state index contributed by atoms with van der Waals surface area (Å²) in [4.78, 5) is 7.47. The summed E-state index contributed by atoms with van der Waals surface area (Å²) in [6.45, 7) is 8.08. The predicted molar refractivity (Wildman–Crippen MR) is 99.2 cm³/mol. The number of likely N-dealkylation sites (tertiary alicyclic amines) is 1. The van der Waals surface area contributed by atoms with E-state index in [-0.39, 0.29) is 0 Å². The van der Waals surface area contributed by atoms with Gasteiger partial charge in [-0.1, -0.05) is 19.1 Å². The van der Waals surface area contributed by atoms with Crippen LogP contribution in [-0.2, 0) is 16.3 Å². The minimum absolute atomic E-state index is 0.366.